The van der Waals surface area contributed by atoms with Crippen LogP contribution < -0.4 is 5.32 Å². The lowest BCUT2D eigenvalue weighted by atomic mass is 10.3. The van der Waals surface area contributed by atoms with Crippen molar-refractivity contribution in [2.75, 3.05) is 0 Å². The molecule has 110 valence electrons. The SMILES string of the molecule is C[C@H](Sc1nn(-c2ccccc2)c(=S)s1)C(=O)NC1CC1. The Balaban J connectivity index is 1.72. The monoisotopic (exact) mass is 337 g/mol. The smallest absolute Gasteiger partial charge is 0.233 e. The molecular formula is C14H15N3OS3. The van der Waals surface area contributed by atoms with Gasteiger partial charge in [-0.1, -0.05) is 41.3 Å². The quantitative estimate of drug-likeness (QED) is 0.671. The van der Waals surface area contributed by atoms with E-state index in [1.165, 1.54) is 23.1 Å². The van der Waals surface area contributed by atoms with Crippen molar-refractivity contribution in [2.24, 2.45) is 0 Å². The highest BCUT2D eigenvalue weighted by Gasteiger charge is 2.26. The fraction of sp³-hybridized carbons (Fsp3) is 0.357. The summed E-state index contributed by atoms with van der Waals surface area (Å²) in [4.78, 5) is 12.0. The Kier molecular flexibility index (Phi) is 4.42. The van der Waals surface area contributed by atoms with Gasteiger partial charge in [-0.15, -0.1) is 5.10 Å². The van der Waals surface area contributed by atoms with Crippen molar-refractivity contribution in [1.82, 2.24) is 15.1 Å². The number of nitrogens with zero attached hydrogens (tertiary/aromatic N) is 2. The number of amides is 1. The normalized spacial score (nSPS) is 15.7. The van der Waals surface area contributed by atoms with Gasteiger partial charge < -0.3 is 5.32 Å². The molecule has 2 aromatic rings. The Bertz CT molecular complexity index is 691. The maximum atomic E-state index is 12.0. The average Bonchev–Trinajstić information content (AvgIpc) is 3.22. The number of benzene rings is 1. The van der Waals surface area contributed by atoms with E-state index in [0.717, 1.165) is 22.9 Å². The molecule has 0 saturated heterocycles. The van der Waals surface area contributed by atoms with Crippen molar-refractivity contribution in [3.8, 4) is 5.69 Å². The number of rotatable bonds is 5. The average molecular weight is 337 g/mol. The number of carbonyl (C=O) groups is 1. The van der Waals surface area contributed by atoms with E-state index in [0.29, 0.717) is 10.00 Å². The van der Waals surface area contributed by atoms with E-state index < -0.39 is 0 Å². The maximum Gasteiger partial charge on any atom is 0.233 e. The molecule has 1 N–H and O–H groups in total. The van der Waals surface area contributed by atoms with Crippen LogP contribution in [0.5, 0.6) is 0 Å². The lowest BCUT2D eigenvalue weighted by molar-refractivity contribution is -0.120. The molecule has 21 heavy (non-hydrogen) atoms. The van der Waals surface area contributed by atoms with Crippen LogP contribution in [0.25, 0.3) is 5.69 Å². The minimum absolute atomic E-state index is 0.0786. The number of para-hydroxylation sites is 1. The Labute approximate surface area is 136 Å². The van der Waals surface area contributed by atoms with Crippen LogP contribution in [-0.2, 0) is 4.79 Å². The summed E-state index contributed by atoms with van der Waals surface area (Å²) in [6.07, 6.45) is 2.20. The first-order valence-electron chi connectivity index (χ1n) is 6.76. The molecule has 1 aromatic carbocycles. The van der Waals surface area contributed by atoms with Gasteiger partial charge in [0, 0.05) is 6.04 Å². The topological polar surface area (TPSA) is 46.9 Å². The largest absolute Gasteiger partial charge is 0.352 e. The van der Waals surface area contributed by atoms with Gasteiger partial charge in [0.1, 0.15) is 0 Å². The molecule has 4 nitrogen and oxygen atoms in total. The van der Waals surface area contributed by atoms with Crippen LogP contribution in [0.15, 0.2) is 34.7 Å². The maximum absolute atomic E-state index is 12.0. The van der Waals surface area contributed by atoms with Gasteiger partial charge in [0.05, 0.1) is 10.9 Å². The third kappa shape index (κ3) is 3.72. The van der Waals surface area contributed by atoms with Crippen molar-refractivity contribution < 1.29 is 4.79 Å². The highest BCUT2D eigenvalue weighted by atomic mass is 32.2. The molecule has 1 aliphatic carbocycles. The Morgan fingerprint density at radius 2 is 2.19 bits per heavy atom. The van der Waals surface area contributed by atoms with Crippen molar-refractivity contribution >= 4 is 41.2 Å². The zero-order valence-electron chi connectivity index (χ0n) is 11.5. The molecule has 1 amide bonds. The molecule has 0 unspecified atom stereocenters. The highest BCUT2D eigenvalue weighted by Crippen LogP contribution is 2.28. The molecule has 0 spiro atoms. The molecule has 1 fully saturated rings. The van der Waals surface area contributed by atoms with Crippen LogP contribution in [0.2, 0.25) is 0 Å². The van der Waals surface area contributed by atoms with E-state index in [4.69, 9.17) is 12.2 Å². The first-order valence-corrected chi connectivity index (χ1v) is 8.86. The van der Waals surface area contributed by atoms with Crippen molar-refractivity contribution in [2.45, 2.75) is 35.4 Å². The summed E-state index contributed by atoms with van der Waals surface area (Å²) in [5, 5.41) is 7.37. The fourth-order valence-electron chi connectivity index (χ4n) is 1.79. The second-order valence-electron chi connectivity index (χ2n) is 4.92. The second-order valence-corrected chi connectivity index (χ2v) is 8.13. The number of hydrogen-bond acceptors (Lipinski definition) is 5. The molecule has 7 heteroatoms. The minimum atomic E-state index is -0.157. The number of hydrogen-bond donors (Lipinski definition) is 1. The van der Waals surface area contributed by atoms with Crippen molar-refractivity contribution in [3.63, 3.8) is 0 Å². The second kappa shape index (κ2) is 6.29. The third-order valence-corrected chi connectivity index (χ3v) is 5.52. The number of thioether (sulfide) groups is 1. The van der Waals surface area contributed by atoms with Gasteiger partial charge in [0.25, 0.3) is 0 Å². The van der Waals surface area contributed by atoms with Crippen LogP contribution in [0.4, 0.5) is 0 Å². The Morgan fingerprint density at radius 3 is 2.86 bits per heavy atom. The van der Waals surface area contributed by atoms with E-state index >= 15 is 0 Å². The number of nitrogens with one attached hydrogen (secondary N) is 1. The fourth-order valence-corrected chi connectivity index (χ4v) is 4.31. The molecule has 1 aromatic heterocycles. The molecule has 3 rings (SSSR count). The molecule has 0 radical (unpaired) electrons. The van der Waals surface area contributed by atoms with Crippen molar-refractivity contribution in [3.05, 3.63) is 34.3 Å². The van der Waals surface area contributed by atoms with Gasteiger partial charge in [-0.3, -0.25) is 4.79 Å². The third-order valence-electron chi connectivity index (χ3n) is 3.10. The van der Waals surface area contributed by atoms with E-state index in [-0.39, 0.29) is 11.2 Å². The number of carbonyl (C=O) groups excluding carboxylic acids is 1. The molecule has 1 saturated carbocycles. The van der Waals surface area contributed by atoms with E-state index in [2.05, 4.69) is 10.4 Å². The summed E-state index contributed by atoms with van der Waals surface area (Å²) in [7, 11) is 0. The predicted molar refractivity (Wildman–Crippen MR) is 88.8 cm³/mol. The standard InChI is InChI=1S/C14H15N3OS3/c1-9(12(18)15-10-7-8-10)20-13-16-17(14(19)21-13)11-5-3-2-4-6-11/h2-6,9-10H,7-8H2,1H3,(H,15,18)/t9-/m0/s1. The van der Waals surface area contributed by atoms with Gasteiger partial charge in [-0.25, -0.2) is 4.68 Å². The molecular weight excluding hydrogens is 322 g/mol. The predicted octanol–water partition coefficient (Wildman–Crippen LogP) is 3.42. The summed E-state index contributed by atoms with van der Waals surface area (Å²) in [6.45, 7) is 1.90. The summed E-state index contributed by atoms with van der Waals surface area (Å²) in [6, 6.07) is 10.2. The molecule has 0 bridgehead atoms. The Morgan fingerprint density at radius 1 is 1.48 bits per heavy atom. The van der Waals surface area contributed by atoms with Gasteiger partial charge in [-0.05, 0) is 44.1 Å². The van der Waals surface area contributed by atoms with Gasteiger partial charge in [-0.2, -0.15) is 0 Å². The van der Waals surface area contributed by atoms with Crippen LogP contribution in [0.1, 0.15) is 19.8 Å². The highest BCUT2D eigenvalue weighted by molar-refractivity contribution is 8.02. The van der Waals surface area contributed by atoms with Crippen molar-refractivity contribution in [1.29, 1.82) is 0 Å². The Hall–Kier alpha value is -1.18. The first kappa shape index (κ1) is 14.7. The first-order chi connectivity index (χ1) is 10.1. The van der Waals surface area contributed by atoms with Gasteiger partial charge in [0.15, 0.2) is 8.29 Å². The van der Waals surface area contributed by atoms with E-state index in [9.17, 15) is 4.79 Å². The van der Waals surface area contributed by atoms with Gasteiger partial charge >= 0.3 is 0 Å². The lowest BCUT2D eigenvalue weighted by Crippen LogP contribution is -2.32. The molecule has 1 heterocycles. The zero-order valence-corrected chi connectivity index (χ0v) is 13.9. The summed E-state index contributed by atoms with van der Waals surface area (Å²) in [5.74, 6) is 0.0786. The van der Waals surface area contributed by atoms with Crippen LogP contribution in [0.3, 0.4) is 0 Å². The zero-order chi connectivity index (χ0) is 14.8. The van der Waals surface area contributed by atoms with Crippen LogP contribution in [-0.4, -0.2) is 27.0 Å². The summed E-state index contributed by atoms with van der Waals surface area (Å²) >= 11 is 8.26. The van der Waals surface area contributed by atoms with Gasteiger partial charge in [0.2, 0.25) is 5.91 Å². The lowest BCUT2D eigenvalue weighted by Gasteiger charge is -2.08. The van der Waals surface area contributed by atoms with E-state index in [1.807, 2.05) is 37.3 Å². The molecule has 1 atom stereocenters. The summed E-state index contributed by atoms with van der Waals surface area (Å²) < 4.78 is 3.26. The summed E-state index contributed by atoms with van der Waals surface area (Å²) in [5.41, 5.74) is 0.945. The van der Waals surface area contributed by atoms with Crippen LogP contribution in [0, 0.1) is 3.95 Å². The van der Waals surface area contributed by atoms with Crippen LogP contribution >= 0.6 is 35.3 Å². The van der Waals surface area contributed by atoms with E-state index in [1.54, 1.807) is 4.68 Å². The molecule has 0 aliphatic heterocycles. The molecule has 1 aliphatic rings. The number of aromatic nitrogens is 2. The minimum Gasteiger partial charge on any atom is -0.352 e.